The van der Waals surface area contributed by atoms with Crippen LogP contribution in [0.5, 0.6) is 0 Å². The smallest absolute Gasteiger partial charge is 0.223 e. The number of nitrogens with zero attached hydrogens (tertiary/aromatic N) is 1. The van der Waals surface area contributed by atoms with Gasteiger partial charge < -0.3 is 9.88 Å². The van der Waals surface area contributed by atoms with E-state index in [-0.39, 0.29) is 17.8 Å². The number of aromatic amines is 1. The van der Waals surface area contributed by atoms with Crippen LogP contribution in [0.15, 0.2) is 54.7 Å². The molecule has 0 radical (unpaired) electrons. The van der Waals surface area contributed by atoms with Crippen molar-refractivity contribution in [1.29, 1.82) is 0 Å². The highest BCUT2D eigenvalue weighted by Crippen LogP contribution is 2.32. The van der Waals surface area contributed by atoms with Gasteiger partial charge in [-0.15, -0.1) is 0 Å². The lowest BCUT2D eigenvalue weighted by Gasteiger charge is -2.25. The van der Waals surface area contributed by atoms with Gasteiger partial charge in [-0.1, -0.05) is 30.3 Å². The lowest BCUT2D eigenvalue weighted by molar-refractivity contribution is -0.132. The summed E-state index contributed by atoms with van der Waals surface area (Å²) in [5, 5.41) is 1.24. The molecule has 4 heteroatoms. The Morgan fingerprint density at radius 3 is 2.81 bits per heavy atom. The molecule has 134 valence electrons. The molecule has 1 atom stereocenters. The Labute approximate surface area is 152 Å². The van der Waals surface area contributed by atoms with Gasteiger partial charge in [0.05, 0.1) is 6.04 Å². The molecule has 1 saturated heterocycles. The Hall–Kier alpha value is -2.62. The lowest BCUT2D eigenvalue weighted by atomic mass is 10.0. The van der Waals surface area contributed by atoms with Crippen LogP contribution in [0, 0.1) is 5.82 Å². The molecule has 2 heterocycles. The standard InChI is InChI=1S/C22H23FN2O/c23-18-12-10-16(11-13-18)21-8-4-14-25(21)22(26)9-3-5-17-15-24-20-7-2-1-6-19(17)20/h1-2,6-7,10-13,15,21,24H,3-5,8-9,14H2/t21-/m1/s1. The fourth-order valence-corrected chi connectivity index (χ4v) is 4.01. The number of nitrogens with one attached hydrogen (secondary N) is 1. The van der Waals surface area contributed by atoms with Gasteiger partial charge in [-0.05, 0) is 55.0 Å². The molecule has 0 unspecified atom stereocenters. The van der Waals surface area contributed by atoms with Crippen molar-refractivity contribution in [2.45, 2.75) is 38.1 Å². The number of para-hydroxylation sites is 1. The summed E-state index contributed by atoms with van der Waals surface area (Å²) in [6.07, 6.45) is 6.30. The molecule has 1 aliphatic heterocycles. The summed E-state index contributed by atoms with van der Waals surface area (Å²) in [6, 6.07) is 14.9. The van der Waals surface area contributed by atoms with Gasteiger partial charge in [-0.3, -0.25) is 4.79 Å². The van der Waals surface area contributed by atoms with Crippen molar-refractivity contribution in [3.05, 3.63) is 71.7 Å². The van der Waals surface area contributed by atoms with Gasteiger partial charge in [-0.25, -0.2) is 4.39 Å². The maximum absolute atomic E-state index is 13.2. The molecule has 0 saturated carbocycles. The predicted octanol–water partition coefficient (Wildman–Crippen LogP) is 4.99. The van der Waals surface area contributed by atoms with E-state index in [1.165, 1.54) is 23.1 Å². The van der Waals surface area contributed by atoms with Crippen LogP contribution in [-0.4, -0.2) is 22.3 Å². The molecule has 1 amide bonds. The molecular formula is C22H23FN2O. The van der Waals surface area contributed by atoms with Gasteiger partial charge in [0.15, 0.2) is 0 Å². The third-order valence-electron chi connectivity index (χ3n) is 5.34. The second kappa shape index (κ2) is 7.32. The SMILES string of the molecule is O=C(CCCc1c[nH]c2ccccc12)N1CCC[C@@H]1c1ccc(F)cc1. The van der Waals surface area contributed by atoms with Crippen molar-refractivity contribution in [2.75, 3.05) is 6.54 Å². The number of carbonyl (C=O) groups is 1. The van der Waals surface area contributed by atoms with Crippen LogP contribution in [-0.2, 0) is 11.2 Å². The summed E-state index contributed by atoms with van der Waals surface area (Å²) in [5.74, 6) is -0.0278. The summed E-state index contributed by atoms with van der Waals surface area (Å²) >= 11 is 0. The van der Waals surface area contributed by atoms with Gasteiger partial charge in [0, 0.05) is 30.1 Å². The Kier molecular flexibility index (Phi) is 4.74. The molecule has 0 bridgehead atoms. The molecule has 1 N–H and O–H groups in total. The number of likely N-dealkylation sites (tertiary alicyclic amines) is 1. The molecule has 2 aromatic carbocycles. The summed E-state index contributed by atoms with van der Waals surface area (Å²) in [6.45, 7) is 0.800. The van der Waals surface area contributed by atoms with E-state index in [4.69, 9.17) is 0 Å². The molecule has 4 rings (SSSR count). The molecule has 0 aliphatic carbocycles. The number of rotatable bonds is 5. The number of aryl methyl sites for hydroxylation is 1. The molecule has 26 heavy (non-hydrogen) atoms. The van der Waals surface area contributed by atoms with E-state index in [2.05, 4.69) is 17.1 Å². The van der Waals surface area contributed by atoms with E-state index in [1.54, 1.807) is 12.1 Å². The number of benzene rings is 2. The Bertz CT molecular complexity index is 900. The first-order valence-corrected chi connectivity index (χ1v) is 9.32. The number of halogens is 1. The van der Waals surface area contributed by atoms with E-state index >= 15 is 0 Å². The molecule has 3 aromatic rings. The monoisotopic (exact) mass is 350 g/mol. The Balaban J connectivity index is 1.37. The minimum Gasteiger partial charge on any atom is -0.361 e. The quantitative estimate of drug-likeness (QED) is 0.691. The van der Waals surface area contributed by atoms with Gasteiger partial charge >= 0.3 is 0 Å². The predicted molar refractivity (Wildman–Crippen MR) is 101 cm³/mol. The minimum absolute atomic E-state index is 0.0937. The average Bonchev–Trinajstić information content (AvgIpc) is 3.30. The lowest BCUT2D eigenvalue weighted by Crippen LogP contribution is -2.30. The number of hydrogen-bond donors (Lipinski definition) is 1. The van der Waals surface area contributed by atoms with Crippen molar-refractivity contribution >= 4 is 16.8 Å². The maximum atomic E-state index is 13.2. The van der Waals surface area contributed by atoms with E-state index in [0.29, 0.717) is 6.42 Å². The van der Waals surface area contributed by atoms with Gasteiger partial charge in [-0.2, -0.15) is 0 Å². The van der Waals surface area contributed by atoms with Crippen LogP contribution in [0.1, 0.15) is 42.9 Å². The summed E-state index contributed by atoms with van der Waals surface area (Å²) in [4.78, 5) is 18.0. The summed E-state index contributed by atoms with van der Waals surface area (Å²) in [7, 11) is 0. The molecule has 0 spiro atoms. The highest BCUT2D eigenvalue weighted by atomic mass is 19.1. The third kappa shape index (κ3) is 3.36. The highest BCUT2D eigenvalue weighted by Gasteiger charge is 2.29. The van der Waals surface area contributed by atoms with E-state index in [9.17, 15) is 9.18 Å². The zero-order chi connectivity index (χ0) is 17.9. The molecular weight excluding hydrogens is 327 g/mol. The number of amides is 1. The third-order valence-corrected chi connectivity index (χ3v) is 5.34. The molecule has 1 fully saturated rings. The van der Waals surface area contributed by atoms with E-state index < -0.39 is 0 Å². The number of fused-ring (bicyclic) bond motifs is 1. The van der Waals surface area contributed by atoms with Gasteiger partial charge in [0.25, 0.3) is 0 Å². The number of carbonyl (C=O) groups excluding carboxylic acids is 1. The fraction of sp³-hybridized carbons (Fsp3) is 0.318. The molecule has 1 aliphatic rings. The largest absolute Gasteiger partial charge is 0.361 e. The van der Waals surface area contributed by atoms with Crippen molar-refractivity contribution < 1.29 is 9.18 Å². The van der Waals surface area contributed by atoms with Crippen LogP contribution in [0.3, 0.4) is 0 Å². The van der Waals surface area contributed by atoms with Gasteiger partial charge in [0.1, 0.15) is 5.82 Å². The first kappa shape index (κ1) is 16.8. The van der Waals surface area contributed by atoms with Crippen LogP contribution >= 0.6 is 0 Å². The topological polar surface area (TPSA) is 36.1 Å². The van der Waals surface area contributed by atoms with Crippen LogP contribution in [0.2, 0.25) is 0 Å². The zero-order valence-corrected chi connectivity index (χ0v) is 14.7. The van der Waals surface area contributed by atoms with Crippen LogP contribution < -0.4 is 0 Å². The Morgan fingerprint density at radius 1 is 1.15 bits per heavy atom. The molecule has 1 aromatic heterocycles. The second-order valence-electron chi connectivity index (χ2n) is 7.01. The maximum Gasteiger partial charge on any atom is 0.223 e. The van der Waals surface area contributed by atoms with Crippen molar-refractivity contribution in [1.82, 2.24) is 9.88 Å². The van der Waals surface area contributed by atoms with Crippen LogP contribution in [0.4, 0.5) is 4.39 Å². The number of aromatic nitrogens is 1. The van der Waals surface area contributed by atoms with Gasteiger partial charge in [0.2, 0.25) is 5.91 Å². The van der Waals surface area contributed by atoms with Crippen molar-refractivity contribution in [2.24, 2.45) is 0 Å². The highest BCUT2D eigenvalue weighted by molar-refractivity contribution is 5.83. The second-order valence-corrected chi connectivity index (χ2v) is 7.01. The average molecular weight is 350 g/mol. The van der Waals surface area contributed by atoms with E-state index in [0.717, 1.165) is 43.3 Å². The normalized spacial score (nSPS) is 17.1. The van der Waals surface area contributed by atoms with E-state index in [1.807, 2.05) is 23.2 Å². The first-order valence-electron chi connectivity index (χ1n) is 9.32. The fourth-order valence-electron chi connectivity index (χ4n) is 4.01. The number of hydrogen-bond acceptors (Lipinski definition) is 1. The van der Waals surface area contributed by atoms with Crippen LogP contribution in [0.25, 0.3) is 10.9 Å². The molecule has 3 nitrogen and oxygen atoms in total. The summed E-state index contributed by atoms with van der Waals surface area (Å²) < 4.78 is 13.2. The summed E-state index contributed by atoms with van der Waals surface area (Å²) in [5.41, 5.74) is 3.45. The number of H-pyrrole nitrogens is 1. The van der Waals surface area contributed by atoms with Crippen molar-refractivity contribution in [3.63, 3.8) is 0 Å². The Morgan fingerprint density at radius 2 is 1.96 bits per heavy atom. The first-order chi connectivity index (χ1) is 12.7. The van der Waals surface area contributed by atoms with Crippen molar-refractivity contribution in [3.8, 4) is 0 Å². The minimum atomic E-state index is -0.233. The zero-order valence-electron chi connectivity index (χ0n) is 14.7.